The summed E-state index contributed by atoms with van der Waals surface area (Å²) in [4.78, 5) is 39.3. The molecule has 1 heterocycles. The third kappa shape index (κ3) is 5.38. The molecule has 2 N–H and O–H groups in total. The Kier molecular flexibility index (Phi) is 6.69. The molecular formula is C26H25N3O4. The standard InChI is InChI=1S/C26H25N3O4/c1-33-23-10-6-5-9-22(23)28-25(31)19-11-13-21(14-12-19)27-26(32)20-15-24(30)29(17-20)16-18-7-3-2-4-8-18/h2-14,20H,15-17H2,1H3,(H,27,32)(H,28,31)/t20-/m0/s1. The van der Waals surface area contributed by atoms with Gasteiger partial charge >= 0.3 is 0 Å². The number of rotatable bonds is 7. The number of carbonyl (C=O) groups is 3. The topological polar surface area (TPSA) is 87.7 Å². The van der Waals surface area contributed by atoms with Gasteiger partial charge in [0, 0.05) is 30.8 Å². The largest absolute Gasteiger partial charge is 0.495 e. The SMILES string of the molecule is COc1ccccc1NC(=O)c1ccc(NC(=O)[C@H]2CC(=O)N(Cc3ccccc3)C2)cc1. The average molecular weight is 444 g/mol. The van der Waals surface area contributed by atoms with Crippen molar-refractivity contribution in [2.24, 2.45) is 5.92 Å². The number of likely N-dealkylation sites (tertiary alicyclic amines) is 1. The summed E-state index contributed by atoms with van der Waals surface area (Å²) in [6.07, 6.45) is 0.193. The Balaban J connectivity index is 1.33. The second-order valence-corrected chi connectivity index (χ2v) is 7.88. The van der Waals surface area contributed by atoms with E-state index in [2.05, 4.69) is 10.6 Å². The maximum absolute atomic E-state index is 12.7. The summed E-state index contributed by atoms with van der Waals surface area (Å²) in [7, 11) is 1.54. The van der Waals surface area contributed by atoms with E-state index in [1.165, 1.54) is 0 Å². The number of benzene rings is 3. The van der Waals surface area contributed by atoms with Crippen molar-refractivity contribution in [1.29, 1.82) is 0 Å². The molecule has 0 saturated carbocycles. The van der Waals surface area contributed by atoms with Gasteiger partial charge in [0.25, 0.3) is 5.91 Å². The molecule has 7 nitrogen and oxygen atoms in total. The number of hydrogen-bond acceptors (Lipinski definition) is 4. The lowest BCUT2D eigenvalue weighted by Gasteiger charge is -2.16. The predicted octanol–water partition coefficient (Wildman–Crippen LogP) is 3.93. The lowest BCUT2D eigenvalue weighted by atomic mass is 10.1. The van der Waals surface area contributed by atoms with Gasteiger partial charge in [0.2, 0.25) is 11.8 Å². The van der Waals surface area contributed by atoms with E-state index in [-0.39, 0.29) is 24.1 Å². The fourth-order valence-corrected chi connectivity index (χ4v) is 3.80. The zero-order chi connectivity index (χ0) is 23.2. The Labute approximate surface area is 192 Å². The molecule has 0 unspecified atom stereocenters. The molecule has 1 aliphatic rings. The molecule has 7 heteroatoms. The van der Waals surface area contributed by atoms with E-state index < -0.39 is 5.92 Å². The van der Waals surface area contributed by atoms with Gasteiger partial charge in [-0.2, -0.15) is 0 Å². The monoisotopic (exact) mass is 443 g/mol. The number of amides is 3. The normalized spacial score (nSPS) is 15.2. The molecule has 1 saturated heterocycles. The molecule has 1 aliphatic heterocycles. The molecule has 0 radical (unpaired) electrons. The molecule has 0 bridgehead atoms. The first-order valence-electron chi connectivity index (χ1n) is 10.7. The van der Waals surface area contributed by atoms with Gasteiger partial charge in [0.15, 0.2) is 0 Å². The minimum absolute atomic E-state index is 0.0256. The van der Waals surface area contributed by atoms with Gasteiger partial charge in [-0.3, -0.25) is 14.4 Å². The van der Waals surface area contributed by atoms with Crippen LogP contribution < -0.4 is 15.4 Å². The highest BCUT2D eigenvalue weighted by molar-refractivity contribution is 6.05. The van der Waals surface area contributed by atoms with E-state index in [0.717, 1.165) is 5.56 Å². The summed E-state index contributed by atoms with van der Waals surface area (Å²) in [5, 5.41) is 5.67. The third-order valence-corrected chi connectivity index (χ3v) is 5.57. The van der Waals surface area contributed by atoms with Gasteiger partial charge in [-0.1, -0.05) is 42.5 Å². The second kappa shape index (κ2) is 9.99. The Morgan fingerprint density at radius 1 is 0.939 bits per heavy atom. The number of para-hydroxylation sites is 2. The average Bonchev–Trinajstić information content (AvgIpc) is 3.20. The first-order valence-corrected chi connectivity index (χ1v) is 10.7. The Bertz CT molecular complexity index is 1150. The zero-order valence-corrected chi connectivity index (χ0v) is 18.3. The van der Waals surface area contributed by atoms with Crippen LogP contribution in [0.4, 0.5) is 11.4 Å². The summed E-state index contributed by atoms with van der Waals surface area (Å²) < 4.78 is 5.25. The van der Waals surface area contributed by atoms with Gasteiger partial charge in [-0.05, 0) is 42.0 Å². The van der Waals surface area contributed by atoms with Gasteiger partial charge in [-0.25, -0.2) is 0 Å². The van der Waals surface area contributed by atoms with E-state index >= 15 is 0 Å². The van der Waals surface area contributed by atoms with Crippen LogP contribution in [0.1, 0.15) is 22.3 Å². The van der Waals surface area contributed by atoms with Crippen LogP contribution in [-0.4, -0.2) is 36.3 Å². The van der Waals surface area contributed by atoms with Gasteiger partial charge in [0.05, 0.1) is 18.7 Å². The highest BCUT2D eigenvalue weighted by Crippen LogP contribution is 2.25. The molecule has 3 amide bonds. The van der Waals surface area contributed by atoms with Crippen LogP contribution in [-0.2, 0) is 16.1 Å². The summed E-state index contributed by atoms with van der Waals surface area (Å²) in [6, 6.07) is 23.5. The zero-order valence-electron chi connectivity index (χ0n) is 18.3. The number of methoxy groups -OCH3 is 1. The van der Waals surface area contributed by atoms with E-state index in [4.69, 9.17) is 4.74 Å². The van der Waals surface area contributed by atoms with Crippen molar-refractivity contribution in [3.63, 3.8) is 0 Å². The maximum Gasteiger partial charge on any atom is 0.255 e. The highest BCUT2D eigenvalue weighted by atomic mass is 16.5. The highest BCUT2D eigenvalue weighted by Gasteiger charge is 2.34. The van der Waals surface area contributed by atoms with Crippen molar-refractivity contribution in [3.8, 4) is 5.75 Å². The fraction of sp³-hybridized carbons (Fsp3) is 0.192. The first-order chi connectivity index (χ1) is 16.0. The Hall–Kier alpha value is -4.13. The summed E-state index contributed by atoms with van der Waals surface area (Å²) in [5.74, 6) is -0.347. The van der Waals surface area contributed by atoms with E-state index in [9.17, 15) is 14.4 Å². The van der Waals surface area contributed by atoms with E-state index in [1.807, 2.05) is 42.5 Å². The Morgan fingerprint density at radius 2 is 1.64 bits per heavy atom. The molecular weight excluding hydrogens is 418 g/mol. The van der Waals surface area contributed by atoms with Crippen molar-refractivity contribution in [1.82, 2.24) is 4.90 Å². The molecule has 0 aliphatic carbocycles. The van der Waals surface area contributed by atoms with Crippen molar-refractivity contribution in [3.05, 3.63) is 90.0 Å². The van der Waals surface area contributed by atoms with Crippen LogP contribution in [0, 0.1) is 5.92 Å². The fourth-order valence-electron chi connectivity index (χ4n) is 3.80. The lowest BCUT2D eigenvalue weighted by Crippen LogP contribution is -2.28. The summed E-state index contributed by atoms with van der Waals surface area (Å²) in [6.45, 7) is 0.887. The van der Waals surface area contributed by atoms with Gasteiger partial charge < -0.3 is 20.3 Å². The second-order valence-electron chi connectivity index (χ2n) is 7.88. The number of nitrogens with zero attached hydrogens (tertiary/aromatic N) is 1. The number of ether oxygens (including phenoxy) is 1. The lowest BCUT2D eigenvalue weighted by molar-refractivity contribution is -0.128. The van der Waals surface area contributed by atoms with Crippen LogP contribution in [0.3, 0.4) is 0 Å². The molecule has 168 valence electrons. The summed E-state index contributed by atoms with van der Waals surface area (Å²) in [5.41, 5.74) is 2.63. The third-order valence-electron chi connectivity index (χ3n) is 5.57. The van der Waals surface area contributed by atoms with Crippen LogP contribution in [0.15, 0.2) is 78.9 Å². The van der Waals surface area contributed by atoms with E-state index in [1.54, 1.807) is 48.4 Å². The van der Waals surface area contributed by atoms with Crippen molar-refractivity contribution >= 4 is 29.1 Å². The maximum atomic E-state index is 12.7. The molecule has 0 spiro atoms. The summed E-state index contributed by atoms with van der Waals surface area (Å²) >= 11 is 0. The molecule has 3 aromatic carbocycles. The molecule has 4 rings (SSSR count). The van der Waals surface area contributed by atoms with E-state index in [0.29, 0.717) is 35.8 Å². The smallest absolute Gasteiger partial charge is 0.255 e. The van der Waals surface area contributed by atoms with Crippen molar-refractivity contribution in [2.75, 3.05) is 24.3 Å². The molecule has 0 aromatic heterocycles. The number of hydrogen-bond donors (Lipinski definition) is 2. The predicted molar refractivity (Wildman–Crippen MR) is 126 cm³/mol. The van der Waals surface area contributed by atoms with Gasteiger partial charge in [-0.15, -0.1) is 0 Å². The van der Waals surface area contributed by atoms with Crippen LogP contribution >= 0.6 is 0 Å². The van der Waals surface area contributed by atoms with Crippen LogP contribution in [0.25, 0.3) is 0 Å². The van der Waals surface area contributed by atoms with Gasteiger partial charge in [0.1, 0.15) is 5.75 Å². The Morgan fingerprint density at radius 3 is 2.36 bits per heavy atom. The van der Waals surface area contributed by atoms with Crippen LogP contribution in [0.5, 0.6) is 5.75 Å². The molecule has 1 atom stereocenters. The number of carbonyl (C=O) groups excluding carboxylic acids is 3. The number of nitrogens with one attached hydrogen (secondary N) is 2. The first kappa shape index (κ1) is 22.1. The molecule has 33 heavy (non-hydrogen) atoms. The quantitative estimate of drug-likeness (QED) is 0.579. The molecule has 1 fully saturated rings. The molecule has 3 aromatic rings. The minimum Gasteiger partial charge on any atom is -0.495 e. The van der Waals surface area contributed by atoms with Crippen molar-refractivity contribution < 1.29 is 19.1 Å². The van der Waals surface area contributed by atoms with Crippen LogP contribution in [0.2, 0.25) is 0 Å². The van der Waals surface area contributed by atoms with Crippen molar-refractivity contribution in [2.45, 2.75) is 13.0 Å². The minimum atomic E-state index is -0.408. The number of anilines is 2.